The van der Waals surface area contributed by atoms with Crippen LogP contribution in [0.4, 0.5) is 11.5 Å². The molecule has 0 aliphatic carbocycles. The summed E-state index contributed by atoms with van der Waals surface area (Å²) in [4.78, 5) is 32.1. The monoisotopic (exact) mass is 367 g/mol. The molecule has 27 heavy (non-hydrogen) atoms. The predicted molar refractivity (Wildman–Crippen MR) is 105 cm³/mol. The van der Waals surface area contributed by atoms with Gasteiger partial charge in [-0.3, -0.25) is 14.5 Å². The molecule has 1 aromatic heterocycles. The minimum absolute atomic E-state index is 0.399. The highest BCUT2D eigenvalue weighted by Gasteiger charge is 2.51. The highest BCUT2D eigenvalue weighted by Crippen LogP contribution is 2.36. The molecule has 0 fully saturated rings. The Morgan fingerprint density at radius 1 is 1.30 bits per heavy atom. The molecule has 1 aliphatic heterocycles. The molecular formula is C21H25N3O3. The summed E-state index contributed by atoms with van der Waals surface area (Å²) in [7, 11) is 0. The summed E-state index contributed by atoms with van der Waals surface area (Å²) < 4.78 is 5.87. The van der Waals surface area contributed by atoms with E-state index in [0.29, 0.717) is 23.8 Å². The third-order valence-electron chi connectivity index (χ3n) is 4.77. The van der Waals surface area contributed by atoms with Crippen molar-refractivity contribution in [1.82, 2.24) is 4.98 Å². The summed E-state index contributed by atoms with van der Waals surface area (Å²) in [5.74, 6) is 0.0130. The van der Waals surface area contributed by atoms with Gasteiger partial charge in [-0.1, -0.05) is 31.0 Å². The van der Waals surface area contributed by atoms with Gasteiger partial charge in [0.1, 0.15) is 0 Å². The first-order valence-corrected chi connectivity index (χ1v) is 9.21. The van der Waals surface area contributed by atoms with Gasteiger partial charge in [-0.2, -0.15) is 0 Å². The fourth-order valence-corrected chi connectivity index (χ4v) is 3.14. The fraction of sp³-hybridized carbons (Fsp3) is 0.381. The minimum Gasteiger partial charge on any atom is -0.464 e. The number of nitrogens with one attached hydrogen (secondary N) is 1. The van der Waals surface area contributed by atoms with Crippen molar-refractivity contribution in [2.75, 3.05) is 16.8 Å². The molecule has 0 radical (unpaired) electrons. The third-order valence-corrected chi connectivity index (χ3v) is 4.77. The Hall–Kier alpha value is -2.89. The summed E-state index contributed by atoms with van der Waals surface area (Å²) in [6.07, 6.45) is 3.36. The number of pyridine rings is 1. The Labute approximate surface area is 159 Å². The van der Waals surface area contributed by atoms with E-state index in [1.54, 1.807) is 23.2 Å². The molecular weight excluding hydrogens is 342 g/mol. The normalized spacial score (nSPS) is 18.7. The number of nitrogens with zero attached hydrogens (tertiary/aromatic N) is 2. The van der Waals surface area contributed by atoms with E-state index in [1.165, 1.54) is 6.92 Å². The van der Waals surface area contributed by atoms with Crippen molar-refractivity contribution in [3.8, 4) is 5.75 Å². The second kappa shape index (κ2) is 7.39. The van der Waals surface area contributed by atoms with Gasteiger partial charge in [0.15, 0.2) is 11.6 Å². The first-order valence-electron chi connectivity index (χ1n) is 9.21. The SMILES string of the molecule is CCCCN1C(=O)C(C)(C(=O)Nc2ccc(C)cc2C)Oc2cccnc21. The number of carbonyl (C=O) groups is 2. The lowest BCUT2D eigenvalue weighted by Gasteiger charge is -2.38. The number of benzene rings is 1. The van der Waals surface area contributed by atoms with Crippen molar-refractivity contribution < 1.29 is 14.3 Å². The number of ether oxygens (including phenoxy) is 1. The summed E-state index contributed by atoms with van der Waals surface area (Å²) in [6.45, 7) is 7.97. The van der Waals surface area contributed by atoms with Crippen LogP contribution in [0.2, 0.25) is 0 Å². The Morgan fingerprint density at radius 3 is 2.78 bits per heavy atom. The van der Waals surface area contributed by atoms with Crippen molar-refractivity contribution in [2.24, 2.45) is 0 Å². The third kappa shape index (κ3) is 3.52. The molecule has 1 N–H and O–H groups in total. The number of rotatable bonds is 5. The molecule has 1 aliphatic rings. The van der Waals surface area contributed by atoms with Gasteiger partial charge >= 0.3 is 0 Å². The van der Waals surface area contributed by atoms with E-state index in [0.717, 1.165) is 24.0 Å². The predicted octanol–water partition coefficient (Wildman–Crippen LogP) is 3.62. The average molecular weight is 367 g/mol. The van der Waals surface area contributed by atoms with Gasteiger partial charge in [0, 0.05) is 18.4 Å². The molecule has 3 rings (SSSR count). The van der Waals surface area contributed by atoms with Gasteiger partial charge in [0.05, 0.1) is 0 Å². The minimum atomic E-state index is -1.65. The molecule has 0 saturated carbocycles. The van der Waals surface area contributed by atoms with Crippen LogP contribution in [0.25, 0.3) is 0 Å². The molecule has 1 unspecified atom stereocenters. The molecule has 0 bridgehead atoms. The van der Waals surface area contributed by atoms with Crippen molar-refractivity contribution in [3.05, 3.63) is 47.7 Å². The van der Waals surface area contributed by atoms with E-state index in [1.807, 2.05) is 32.0 Å². The second-order valence-electron chi connectivity index (χ2n) is 7.04. The maximum Gasteiger partial charge on any atom is 0.282 e. The molecule has 1 atom stereocenters. The number of hydrogen-bond donors (Lipinski definition) is 1. The van der Waals surface area contributed by atoms with E-state index in [2.05, 4.69) is 17.2 Å². The van der Waals surface area contributed by atoms with Crippen molar-refractivity contribution in [3.63, 3.8) is 0 Å². The zero-order valence-corrected chi connectivity index (χ0v) is 16.2. The second-order valence-corrected chi connectivity index (χ2v) is 7.04. The van der Waals surface area contributed by atoms with Crippen LogP contribution in [0.15, 0.2) is 36.5 Å². The number of aryl methyl sites for hydroxylation is 2. The van der Waals surface area contributed by atoms with Crippen LogP contribution >= 0.6 is 0 Å². The maximum atomic E-state index is 13.2. The smallest absolute Gasteiger partial charge is 0.282 e. The van der Waals surface area contributed by atoms with Crippen LogP contribution in [0, 0.1) is 13.8 Å². The maximum absolute atomic E-state index is 13.2. The Bertz CT molecular complexity index is 881. The summed E-state index contributed by atoms with van der Waals surface area (Å²) in [5, 5.41) is 2.85. The first-order chi connectivity index (χ1) is 12.9. The van der Waals surface area contributed by atoms with Gasteiger partial charge in [-0.05, 0) is 51.0 Å². The quantitative estimate of drug-likeness (QED) is 0.820. The van der Waals surface area contributed by atoms with Crippen LogP contribution in [0.1, 0.15) is 37.8 Å². The van der Waals surface area contributed by atoms with Crippen LogP contribution < -0.4 is 15.0 Å². The van der Waals surface area contributed by atoms with E-state index >= 15 is 0 Å². The molecule has 2 aromatic rings. The van der Waals surface area contributed by atoms with E-state index < -0.39 is 17.4 Å². The Morgan fingerprint density at radius 2 is 2.07 bits per heavy atom. The first kappa shape index (κ1) is 18.9. The van der Waals surface area contributed by atoms with Crippen LogP contribution in [-0.4, -0.2) is 28.9 Å². The molecule has 2 heterocycles. The number of anilines is 2. The number of carbonyl (C=O) groups excluding carboxylic acids is 2. The molecule has 0 spiro atoms. The lowest BCUT2D eigenvalue weighted by atomic mass is 10.00. The Balaban J connectivity index is 1.93. The van der Waals surface area contributed by atoms with Crippen molar-refractivity contribution in [1.29, 1.82) is 0 Å². The topological polar surface area (TPSA) is 71.5 Å². The number of hydrogen-bond acceptors (Lipinski definition) is 4. The highest BCUT2D eigenvalue weighted by atomic mass is 16.5. The molecule has 6 heteroatoms. The standard InChI is InChI=1S/C21H25N3O3/c1-5-6-12-24-18-17(8-7-11-22-18)27-21(4,20(24)26)19(25)23-16-10-9-14(2)13-15(16)3/h7-11,13H,5-6,12H2,1-4H3,(H,23,25). The van der Waals surface area contributed by atoms with Crippen molar-refractivity contribution >= 4 is 23.3 Å². The zero-order chi connectivity index (χ0) is 19.6. The van der Waals surface area contributed by atoms with Gasteiger partial charge in [-0.25, -0.2) is 4.98 Å². The fourth-order valence-electron chi connectivity index (χ4n) is 3.14. The summed E-state index contributed by atoms with van der Waals surface area (Å²) in [5.41, 5.74) is 1.05. The zero-order valence-electron chi connectivity index (χ0n) is 16.2. The van der Waals surface area contributed by atoms with E-state index in [9.17, 15) is 9.59 Å². The average Bonchev–Trinajstić information content (AvgIpc) is 2.64. The summed E-state index contributed by atoms with van der Waals surface area (Å²) in [6, 6.07) is 9.20. The van der Waals surface area contributed by atoms with Crippen LogP contribution in [0.5, 0.6) is 5.75 Å². The van der Waals surface area contributed by atoms with E-state index in [4.69, 9.17) is 4.74 Å². The van der Waals surface area contributed by atoms with Crippen LogP contribution in [-0.2, 0) is 9.59 Å². The van der Waals surface area contributed by atoms with Crippen molar-refractivity contribution in [2.45, 2.75) is 46.1 Å². The largest absolute Gasteiger partial charge is 0.464 e. The number of fused-ring (bicyclic) bond motifs is 1. The number of amides is 2. The number of unbranched alkanes of at least 4 members (excludes halogenated alkanes) is 1. The molecule has 142 valence electrons. The van der Waals surface area contributed by atoms with Gasteiger partial charge in [0.2, 0.25) is 0 Å². The summed E-state index contributed by atoms with van der Waals surface area (Å²) >= 11 is 0. The van der Waals surface area contributed by atoms with Gasteiger partial charge in [-0.15, -0.1) is 0 Å². The lowest BCUT2D eigenvalue weighted by molar-refractivity contribution is -0.145. The Kier molecular flexibility index (Phi) is 5.17. The molecule has 2 amide bonds. The number of aromatic nitrogens is 1. The van der Waals surface area contributed by atoms with E-state index in [-0.39, 0.29) is 0 Å². The highest BCUT2D eigenvalue weighted by molar-refractivity contribution is 6.19. The van der Waals surface area contributed by atoms with Crippen LogP contribution in [0.3, 0.4) is 0 Å². The molecule has 1 aromatic carbocycles. The lowest BCUT2D eigenvalue weighted by Crippen LogP contribution is -2.61. The molecule has 0 saturated heterocycles. The van der Waals surface area contributed by atoms with Gasteiger partial charge < -0.3 is 10.1 Å². The molecule has 6 nitrogen and oxygen atoms in total. The van der Waals surface area contributed by atoms with Gasteiger partial charge in [0.25, 0.3) is 17.4 Å².